The molecule has 0 bridgehead atoms. The molecule has 12 heavy (non-hydrogen) atoms. The molecule has 1 fully saturated rings. The smallest absolute Gasteiger partial charge is 0.228 e. The van der Waals surface area contributed by atoms with Crippen LogP contribution in [0, 0.1) is 0 Å². The van der Waals surface area contributed by atoms with Crippen molar-refractivity contribution in [2.75, 3.05) is 6.61 Å². The van der Waals surface area contributed by atoms with Gasteiger partial charge in [0.2, 0.25) is 6.36 Å². The monoisotopic (exact) mass is 182 g/mol. The van der Waals surface area contributed by atoms with E-state index in [0.717, 1.165) is 0 Å². The van der Waals surface area contributed by atoms with E-state index in [9.17, 15) is 4.39 Å². The van der Waals surface area contributed by atoms with E-state index in [2.05, 4.69) is 4.74 Å². The van der Waals surface area contributed by atoms with Crippen molar-refractivity contribution < 1.29 is 29.6 Å². The molecule has 0 radical (unpaired) electrons. The molecule has 5 nitrogen and oxygen atoms in total. The van der Waals surface area contributed by atoms with Crippen molar-refractivity contribution in [1.82, 2.24) is 0 Å². The maximum absolute atomic E-state index is 12.6. The zero-order valence-corrected chi connectivity index (χ0v) is 6.17. The minimum absolute atomic E-state index is 0.606. The minimum atomic E-state index is -2.07. The second-order valence-corrected chi connectivity index (χ2v) is 2.68. The fourth-order valence-corrected chi connectivity index (χ4v) is 1.06. The molecular weight excluding hydrogens is 171 g/mol. The van der Waals surface area contributed by atoms with Gasteiger partial charge in [0.05, 0.1) is 6.61 Å². The summed E-state index contributed by atoms with van der Waals surface area (Å²) in [5.74, 6) is 0. The summed E-state index contributed by atoms with van der Waals surface area (Å²) in [6.07, 6.45) is -8.09. The van der Waals surface area contributed by atoms with Gasteiger partial charge in [0.25, 0.3) is 0 Å². The van der Waals surface area contributed by atoms with Crippen LogP contribution in [0.4, 0.5) is 4.39 Å². The Labute approximate surface area is 68.0 Å². The van der Waals surface area contributed by atoms with Crippen LogP contribution in [0.15, 0.2) is 0 Å². The highest BCUT2D eigenvalue weighted by molar-refractivity contribution is 4.88. The zero-order valence-electron chi connectivity index (χ0n) is 6.17. The maximum Gasteiger partial charge on any atom is 0.228 e. The van der Waals surface area contributed by atoms with Gasteiger partial charge in [0.15, 0.2) is 0 Å². The summed E-state index contributed by atoms with van der Waals surface area (Å²) in [4.78, 5) is 0. The third-order valence-corrected chi connectivity index (χ3v) is 1.83. The van der Waals surface area contributed by atoms with E-state index in [1.807, 2.05) is 0 Å². The first-order chi connectivity index (χ1) is 5.57. The lowest BCUT2D eigenvalue weighted by Crippen LogP contribution is -2.57. The second-order valence-electron chi connectivity index (χ2n) is 2.68. The van der Waals surface area contributed by atoms with Crippen molar-refractivity contribution in [1.29, 1.82) is 0 Å². The van der Waals surface area contributed by atoms with Crippen molar-refractivity contribution in [3.05, 3.63) is 0 Å². The van der Waals surface area contributed by atoms with Crippen LogP contribution in [0.25, 0.3) is 0 Å². The van der Waals surface area contributed by atoms with Gasteiger partial charge in [-0.05, 0) is 0 Å². The van der Waals surface area contributed by atoms with Gasteiger partial charge in [-0.2, -0.15) is 0 Å². The maximum atomic E-state index is 12.6. The fraction of sp³-hybridized carbons (Fsp3) is 1.00. The lowest BCUT2D eigenvalue weighted by Gasteiger charge is -2.36. The van der Waals surface area contributed by atoms with Gasteiger partial charge >= 0.3 is 0 Å². The number of ether oxygens (including phenoxy) is 1. The van der Waals surface area contributed by atoms with E-state index in [1.54, 1.807) is 0 Å². The van der Waals surface area contributed by atoms with Gasteiger partial charge in [-0.3, -0.25) is 0 Å². The Hall–Kier alpha value is -0.270. The van der Waals surface area contributed by atoms with Gasteiger partial charge in [0.1, 0.15) is 24.4 Å². The summed E-state index contributed by atoms with van der Waals surface area (Å²) >= 11 is 0. The molecule has 0 aromatic heterocycles. The average Bonchev–Trinajstić information content (AvgIpc) is 2.08. The largest absolute Gasteiger partial charge is 0.394 e. The Morgan fingerprint density at radius 1 is 1.08 bits per heavy atom. The van der Waals surface area contributed by atoms with Crippen LogP contribution >= 0.6 is 0 Å². The van der Waals surface area contributed by atoms with Crippen LogP contribution in [-0.4, -0.2) is 57.8 Å². The molecule has 0 aromatic carbocycles. The van der Waals surface area contributed by atoms with Crippen LogP contribution in [0.1, 0.15) is 0 Å². The number of halogens is 1. The third-order valence-electron chi connectivity index (χ3n) is 1.83. The number of aliphatic hydroxyl groups excluding tert-OH is 4. The van der Waals surface area contributed by atoms with Gasteiger partial charge in [-0.15, -0.1) is 0 Å². The third kappa shape index (κ3) is 1.57. The molecule has 0 aliphatic carbocycles. The standard InChI is InChI=1S/C6H11FO5/c7-6-5(11)4(10)3(9)2(1-8)12-6/h2-6,8-11H,1H2/t2-,3-,4+,5-,6?/m1/s1. The predicted molar refractivity (Wildman–Crippen MR) is 34.9 cm³/mol. The minimum Gasteiger partial charge on any atom is -0.394 e. The van der Waals surface area contributed by atoms with Crippen LogP contribution < -0.4 is 0 Å². The summed E-state index contributed by atoms with van der Waals surface area (Å²) in [5.41, 5.74) is 0. The zero-order chi connectivity index (χ0) is 9.30. The summed E-state index contributed by atoms with van der Waals surface area (Å²) in [5, 5.41) is 35.4. The normalized spacial score (nSPS) is 49.2. The summed E-state index contributed by atoms with van der Waals surface area (Å²) < 4.78 is 16.9. The Bertz CT molecular complexity index is 150. The number of alkyl halides is 1. The number of hydrogen-bond donors (Lipinski definition) is 4. The predicted octanol–water partition coefficient (Wildman–Crippen LogP) is -2.24. The van der Waals surface area contributed by atoms with E-state index < -0.39 is 37.4 Å². The van der Waals surface area contributed by atoms with Crippen LogP contribution in [0.5, 0.6) is 0 Å². The molecule has 0 saturated carbocycles. The van der Waals surface area contributed by atoms with E-state index in [4.69, 9.17) is 20.4 Å². The molecule has 4 N–H and O–H groups in total. The van der Waals surface area contributed by atoms with Crippen LogP contribution in [-0.2, 0) is 4.74 Å². The van der Waals surface area contributed by atoms with E-state index in [1.165, 1.54) is 0 Å². The van der Waals surface area contributed by atoms with Gasteiger partial charge in [0, 0.05) is 0 Å². The molecule has 0 amide bonds. The van der Waals surface area contributed by atoms with E-state index >= 15 is 0 Å². The Morgan fingerprint density at radius 3 is 2.17 bits per heavy atom. The fourth-order valence-electron chi connectivity index (χ4n) is 1.06. The first-order valence-electron chi connectivity index (χ1n) is 3.52. The highest BCUT2D eigenvalue weighted by Gasteiger charge is 2.43. The van der Waals surface area contributed by atoms with Gasteiger partial charge < -0.3 is 25.2 Å². The van der Waals surface area contributed by atoms with Crippen molar-refractivity contribution in [2.45, 2.75) is 30.8 Å². The van der Waals surface area contributed by atoms with Gasteiger partial charge in [-0.25, -0.2) is 4.39 Å². The molecule has 1 unspecified atom stereocenters. The number of aliphatic hydroxyl groups is 4. The molecule has 6 heteroatoms. The Kier molecular flexibility index (Phi) is 2.97. The Balaban J connectivity index is 2.63. The molecule has 0 aromatic rings. The topological polar surface area (TPSA) is 90.2 Å². The highest BCUT2D eigenvalue weighted by Crippen LogP contribution is 2.21. The molecule has 1 aliphatic heterocycles. The average molecular weight is 182 g/mol. The van der Waals surface area contributed by atoms with Crippen LogP contribution in [0.3, 0.4) is 0 Å². The summed E-state index contributed by atoms with van der Waals surface area (Å²) in [6.45, 7) is -0.606. The molecular formula is C6H11FO5. The SMILES string of the molecule is OC[C@H]1OC(F)[C@H](O)[C@@H](O)[C@@H]1O. The van der Waals surface area contributed by atoms with Crippen LogP contribution in [0.2, 0.25) is 0 Å². The highest BCUT2D eigenvalue weighted by atomic mass is 19.1. The molecule has 1 saturated heterocycles. The Morgan fingerprint density at radius 2 is 1.67 bits per heavy atom. The van der Waals surface area contributed by atoms with Crippen molar-refractivity contribution in [3.63, 3.8) is 0 Å². The number of rotatable bonds is 1. The van der Waals surface area contributed by atoms with Crippen molar-refractivity contribution >= 4 is 0 Å². The molecule has 0 spiro atoms. The first-order valence-corrected chi connectivity index (χ1v) is 3.52. The van der Waals surface area contributed by atoms with E-state index in [0.29, 0.717) is 0 Å². The van der Waals surface area contributed by atoms with Gasteiger partial charge in [-0.1, -0.05) is 0 Å². The number of hydrogen-bond acceptors (Lipinski definition) is 5. The second kappa shape index (κ2) is 3.63. The summed E-state index contributed by atoms with van der Waals surface area (Å²) in [7, 11) is 0. The summed E-state index contributed by atoms with van der Waals surface area (Å²) in [6, 6.07) is 0. The molecule has 1 heterocycles. The lowest BCUT2D eigenvalue weighted by atomic mass is 10.00. The lowest BCUT2D eigenvalue weighted by molar-refractivity contribution is -0.262. The molecule has 1 aliphatic rings. The first kappa shape index (κ1) is 9.82. The quantitative estimate of drug-likeness (QED) is 0.368. The van der Waals surface area contributed by atoms with Crippen molar-refractivity contribution in [2.24, 2.45) is 0 Å². The molecule has 72 valence electrons. The van der Waals surface area contributed by atoms with Crippen molar-refractivity contribution in [3.8, 4) is 0 Å². The molecule has 5 atom stereocenters. The molecule has 1 rings (SSSR count). The van der Waals surface area contributed by atoms with E-state index in [-0.39, 0.29) is 0 Å².